The maximum absolute atomic E-state index is 13.4. The Morgan fingerprint density at radius 1 is 1.18 bits per heavy atom. The van der Waals surface area contributed by atoms with Crippen molar-refractivity contribution in [2.45, 2.75) is 45.1 Å². The van der Waals surface area contributed by atoms with Gasteiger partial charge in [-0.25, -0.2) is 0 Å². The molecule has 1 atom stereocenters. The lowest BCUT2D eigenvalue weighted by Gasteiger charge is -2.53. The Balaban J connectivity index is 1.38. The Morgan fingerprint density at radius 2 is 1.79 bits per heavy atom. The van der Waals surface area contributed by atoms with Crippen molar-refractivity contribution in [3.63, 3.8) is 0 Å². The number of amides is 1. The number of anilines is 1. The van der Waals surface area contributed by atoms with Gasteiger partial charge in [-0.3, -0.25) is 19.7 Å². The summed E-state index contributed by atoms with van der Waals surface area (Å²) >= 11 is 0. The fourth-order valence-electron chi connectivity index (χ4n) is 5.59. The normalized spacial score (nSPS) is 31.3. The number of hydrogen-bond donors (Lipinski definition) is 1. The molecule has 0 aromatic heterocycles. The Morgan fingerprint density at radius 3 is 2.36 bits per heavy atom. The number of benzene rings is 1. The average molecular weight is 390 g/mol. The minimum Gasteiger partial charge on any atom is -0.452 e. The van der Waals surface area contributed by atoms with E-state index in [1.807, 2.05) is 0 Å². The second-order valence-corrected chi connectivity index (χ2v) is 8.45. The van der Waals surface area contributed by atoms with E-state index in [1.165, 1.54) is 19.4 Å². The zero-order valence-electron chi connectivity index (χ0n) is 15.6. The molecule has 1 amide bonds. The van der Waals surface area contributed by atoms with Gasteiger partial charge in [0.2, 0.25) is 5.82 Å². The number of rotatable bonds is 5. The van der Waals surface area contributed by atoms with Crippen molar-refractivity contribution in [2.24, 2.45) is 29.6 Å². The molecule has 0 spiro atoms. The fraction of sp³-hybridized carbons (Fsp3) is 0.600. The highest BCUT2D eigenvalue weighted by Crippen LogP contribution is 2.56. The molecule has 1 aromatic carbocycles. The minimum absolute atomic E-state index is 0.0793. The first-order valence-corrected chi connectivity index (χ1v) is 9.77. The Hall–Kier alpha value is -2.51. The van der Waals surface area contributed by atoms with Crippen LogP contribution >= 0.6 is 0 Å². The molecule has 0 saturated heterocycles. The van der Waals surface area contributed by atoms with Crippen LogP contribution in [0.2, 0.25) is 0 Å². The van der Waals surface area contributed by atoms with Gasteiger partial charge in [0.05, 0.1) is 10.8 Å². The average Bonchev–Trinajstić information content (AvgIpc) is 2.62. The van der Waals surface area contributed by atoms with Crippen molar-refractivity contribution in [1.29, 1.82) is 0 Å². The topological polar surface area (TPSA) is 98.5 Å². The number of nitro groups is 1. The van der Waals surface area contributed by atoms with Crippen LogP contribution < -0.4 is 5.32 Å². The van der Waals surface area contributed by atoms with E-state index in [9.17, 15) is 24.1 Å². The Bertz CT molecular complexity index is 799. The molecular formula is C20H23FN2O5. The summed E-state index contributed by atoms with van der Waals surface area (Å²) < 4.78 is 18.9. The number of halogens is 1. The van der Waals surface area contributed by atoms with E-state index < -0.39 is 28.4 Å². The molecule has 150 valence electrons. The third-order valence-electron chi connectivity index (χ3n) is 6.57. The lowest BCUT2D eigenvalue weighted by atomic mass is 9.52. The highest BCUT2D eigenvalue weighted by atomic mass is 19.1. The number of hydrogen-bond acceptors (Lipinski definition) is 5. The van der Waals surface area contributed by atoms with Crippen molar-refractivity contribution >= 4 is 23.3 Å². The predicted molar refractivity (Wildman–Crippen MR) is 97.8 cm³/mol. The van der Waals surface area contributed by atoms with Gasteiger partial charge in [0.15, 0.2) is 6.10 Å². The maximum Gasteiger partial charge on any atom is 0.310 e. The van der Waals surface area contributed by atoms with E-state index in [0.717, 1.165) is 49.7 Å². The summed E-state index contributed by atoms with van der Waals surface area (Å²) in [5.74, 6) is 0.166. The smallest absolute Gasteiger partial charge is 0.310 e. The number of ether oxygens (including phenoxy) is 1. The number of nitrogens with zero attached hydrogens (tertiary/aromatic N) is 1. The molecular weight excluding hydrogens is 367 g/mol. The molecule has 0 radical (unpaired) electrons. The molecule has 0 unspecified atom stereocenters. The van der Waals surface area contributed by atoms with E-state index in [4.69, 9.17) is 4.74 Å². The van der Waals surface area contributed by atoms with Gasteiger partial charge >= 0.3 is 11.7 Å². The molecule has 0 aliphatic heterocycles. The van der Waals surface area contributed by atoms with Crippen LogP contribution in [0.15, 0.2) is 18.2 Å². The third-order valence-corrected chi connectivity index (χ3v) is 6.57. The zero-order chi connectivity index (χ0) is 20.0. The van der Waals surface area contributed by atoms with Gasteiger partial charge in [0.25, 0.3) is 5.91 Å². The quantitative estimate of drug-likeness (QED) is 0.470. The van der Waals surface area contributed by atoms with Gasteiger partial charge < -0.3 is 10.1 Å². The SMILES string of the molecule is C[C@H](OC(=O)C1C2CC3CC(C2)CC1C3)C(=O)Nc1ccc(F)c([N+](=O)[O-])c1. The van der Waals surface area contributed by atoms with Crippen molar-refractivity contribution in [3.05, 3.63) is 34.1 Å². The fourth-order valence-corrected chi connectivity index (χ4v) is 5.59. The molecule has 8 heteroatoms. The molecule has 4 fully saturated rings. The molecule has 5 rings (SSSR count). The van der Waals surface area contributed by atoms with Gasteiger partial charge in [-0.15, -0.1) is 0 Å². The van der Waals surface area contributed by atoms with Crippen LogP contribution in [0.25, 0.3) is 0 Å². The van der Waals surface area contributed by atoms with Gasteiger partial charge in [0, 0.05) is 11.8 Å². The third kappa shape index (κ3) is 3.47. The first-order valence-electron chi connectivity index (χ1n) is 9.77. The van der Waals surface area contributed by atoms with Crippen LogP contribution in [0.1, 0.15) is 39.0 Å². The standard InChI is InChI=1S/C20H23FN2O5/c1-10(19(24)22-15-2-3-16(21)17(9-15)23(26)27)28-20(25)18-13-5-11-4-12(7-13)8-14(18)6-11/h2-3,9-14,18H,4-8H2,1H3,(H,22,24)/t10-,11?,12?,13?,14?,18?/m0/s1. The lowest BCUT2D eigenvalue weighted by Crippen LogP contribution is -2.49. The predicted octanol–water partition coefficient (Wildman–Crippen LogP) is 3.68. The number of nitro benzene ring substituents is 1. The summed E-state index contributed by atoms with van der Waals surface area (Å²) in [5.41, 5.74) is -0.647. The highest BCUT2D eigenvalue weighted by molar-refractivity contribution is 5.95. The first kappa shape index (κ1) is 18.8. The van der Waals surface area contributed by atoms with Gasteiger partial charge in [0.1, 0.15) is 0 Å². The van der Waals surface area contributed by atoms with Crippen LogP contribution in [0.3, 0.4) is 0 Å². The highest BCUT2D eigenvalue weighted by Gasteiger charge is 2.51. The molecule has 7 nitrogen and oxygen atoms in total. The summed E-state index contributed by atoms with van der Waals surface area (Å²) in [4.78, 5) is 35.1. The minimum atomic E-state index is -1.03. The molecule has 28 heavy (non-hydrogen) atoms. The monoisotopic (exact) mass is 390 g/mol. The Labute approximate surface area is 161 Å². The zero-order valence-corrected chi connectivity index (χ0v) is 15.6. The van der Waals surface area contributed by atoms with Crippen LogP contribution in [0, 0.1) is 45.5 Å². The summed E-state index contributed by atoms with van der Waals surface area (Å²) in [6.07, 6.45) is 4.56. The Kier molecular flexibility index (Phi) is 4.81. The van der Waals surface area contributed by atoms with E-state index in [0.29, 0.717) is 11.8 Å². The molecule has 4 aliphatic carbocycles. The first-order chi connectivity index (χ1) is 13.3. The number of carbonyl (C=O) groups is 2. The second kappa shape index (κ2) is 7.14. The molecule has 4 saturated carbocycles. The molecule has 0 heterocycles. The lowest BCUT2D eigenvalue weighted by molar-refractivity contribution is -0.387. The molecule has 1 N–H and O–H groups in total. The van der Waals surface area contributed by atoms with Gasteiger partial charge in [-0.2, -0.15) is 4.39 Å². The largest absolute Gasteiger partial charge is 0.452 e. The van der Waals surface area contributed by atoms with Crippen LogP contribution in [-0.2, 0) is 14.3 Å². The summed E-state index contributed by atoms with van der Waals surface area (Å²) in [6, 6.07) is 3.09. The van der Waals surface area contributed by atoms with Crippen molar-refractivity contribution in [1.82, 2.24) is 0 Å². The summed E-state index contributed by atoms with van der Waals surface area (Å²) in [5, 5.41) is 13.3. The number of esters is 1. The van der Waals surface area contributed by atoms with Crippen molar-refractivity contribution in [2.75, 3.05) is 5.32 Å². The second-order valence-electron chi connectivity index (χ2n) is 8.45. The maximum atomic E-state index is 13.4. The van der Waals surface area contributed by atoms with Gasteiger partial charge in [-0.1, -0.05) is 0 Å². The van der Waals surface area contributed by atoms with Gasteiger partial charge in [-0.05, 0) is 74.8 Å². The van der Waals surface area contributed by atoms with E-state index in [-0.39, 0.29) is 17.6 Å². The van der Waals surface area contributed by atoms with Crippen LogP contribution in [-0.4, -0.2) is 22.9 Å². The molecule has 4 aliphatic rings. The van der Waals surface area contributed by atoms with E-state index >= 15 is 0 Å². The van der Waals surface area contributed by atoms with E-state index in [2.05, 4.69) is 5.32 Å². The van der Waals surface area contributed by atoms with E-state index in [1.54, 1.807) is 0 Å². The number of nitrogens with one attached hydrogen (secondary N) is 1. The summed E-state index contributed by atoms with van der Waals surface area (Å²) in [7, 11) is 0. The molecule has 1 aromatic rings. The van der Waals surface area contributed by atoms with Crippen LogP contribution in [0.4, 0.5) is 15.8 Å². The number of carbonyl (C=O) groups excluding carboxylic acids is 2. The molecule has 4 bridgehead atoms. The van der Waals surface area contributed by atoms with Crippen molar-refractivity contribution < 1.29 is 23.6 Å². The van der Waals surface area contributed by atoms with Crippen molar-refractivity contribution in [3.8, 4) is 0 Å². The summed E-state index contributed by atoms with van der Waals surface area (Å²) in [6.45, 7) is 1.47. The van der Waals surface area contributed by atoms with Crippen LogP contribution in [0.5, 0.6) is 0 Å².